The number of aliphatic hydroxyl groups is 1. The smallest absolute Gasteiger partial charge is 0.154 e. The molecule has 0 saturated carbocycles. The molecule has 1 aromatic carbocycles. The van der Waals surface area contributed by atoms with Crippen LogP contribution in [0.4, 0.5) is 4.39 Å². The Morgan fingerprint density at radius 1 is 1.60 bits per heavy atom. The van der Waals surface area contributed by atoms with Crippen molar-refractivity contribution in [1.29, 1.82) is 0 Å². The Balaban J connectivity index is 2.76. The number of halogens is 1. The monoisotopic (exact) mass is 228 g/mol. The molecule has 1 atom stereocenters. The van der Waals surface area contributed by atoms with Gasteiger partial charge in [-0.15, -0.1) is 11.8 Å². The number of carbonyl (C=O) groups excluding carboxylic acids is 1. The SMILES string of the molecule is CC(CO)CSc1cccc(F)c1C=O. The molecular formula is C11H13FO2S. The second kappa shape index (κ2) is 5.88. The Morgan fingerprint density at radius 2 is 2.33 bits per heavy atom. The van der Waals surface area contributed by atoms with Crippen LogP contribution in [-0.2, 0) is 0 Å². The molecule has 1 rings (SSSR count). The Labute approximate surface area is 92.5 Å². The maximum atomic E-state index is 13.2. The lowest BCUT2D eigenvalue weighted by atomic mass is 10.2. The Kier molecular flexibility index (Phi) is 4.78. The van der Waals surface area contributed by atoms with Crippen molar-refractivity contribution >= 4 is 18.0 Å². The van der Waals surface area contributed by atoms with Crippen molar-refractivity contribution in [3.8, 4) is 0 Å². The van der Waals surface area contributed by atoms with E-state index in [1.165, 1.54) is 17.8 Å². The van der Waals surface area contributed by atoms with Gasteiger partial charge in [0.05, 0.1) is 5.56 Å². The molecule has 4 heteroatoms. The number of aliphatic hydroxyl groups excluding tert-OH is 1. The van der Waals surface area contributed by atoms with Crippen molar-refractivity contribution in [1.82, 2.24) is 0 Å². The third-order valence-electron chi connectivity index (χ3n) is 1.97. The maximum Gasteiger partial charge on any atom is 0.154 e. The number of carbonyl (C=O) groups is 1. The van der Waals surface area contributed by atoms with E-state index >= 15 is 0 Å². The fourth-order valence-electron chi connectivity index (χ4n) is 1.04. The molecule has 15 heavy (non-hydrogen) atoms. The van der Waals surface area contributed by atoms with Gasteiger partial charge >= 0.3 is 0 Å². The predicted molar refractivity (Wildman–Crippen MR) is 58.8 cm³/mol. The van der Waals surface area contributed by atoms with Gasteiger partial charge < -0.3 is 5.11 Å². The van der Waals surface area contributed by atoms with Gasteiger partial charge in [0.15, 0.2) is 6.29 Å². The molecule has 0 aromatic heterocycles. The van der Waals surface area contributed by atoms with Crippen LogP contribution in [0.5, 0.6) is 0 Å². The summed E-state index contributed by atoms with van der Waals surface area (Å²) in [7, 11) is 0. The Morgan fingerprint density at radius 3 is 2.93 bits per heavy atom. The molecule has 0 fully saturated rings. The van der Waals surface area contributed by atoms with Crippen LogP contribution in [0.2, 0.25) is 0 Å². The Hall–Kier alpha value is -0.870. The highest BCUT2D eigenvalue weighted by molar-refractivity contribution is 7.99. The van der Waals surface area contributed by atoms with E-state index in [-0.39, 0.29) is 18.1 Å². The predicted octanol–water partition coefficient (Wildman–Crippen LogP) is 2.36. The summed E-state index contributed by atoms with van der Waals surface area (Å²) in [6, 6.07) is 4.55. The first-order valence-electron chi connectivity index (χ1n) is 4.66. The van der Waals surface area contributed by atoms with Crippen molar-refractivity contribution in [2.45, 2.75) is 11.8 Å². The summed E-state index contributed by atoms with van der Waals surface area (Å²) in [5, 5.41) is 8.84. The highest BCUT2D eigenvalue weighted by Gasteiger charge is 2.09. The zero-order valence-corrected chi connectivity index (χ0v) is 9.26. The summed E-state index contributed by atoms with van der Waals surface area (Å²) in [5.41, 5.74) is 0.104. The van der Waals surface area contributed by atoms with Crippen LogP contribution in [0, 0.1) is 11.7 Å². The molecule has 0 heterocycles. The maximum absolute atomic E-state index is 13.2. The molecule has 0 aliphatic heterocycles. The third kappa shape index (κ3) is 3.32. The average Bonchev–Trinajstić information content (AvgIpc) is 2.25. The van der Waals surface area contributed by atoms with E-state index < -0.39 is 5.82 Å². The van der Waals surface area contributed by atoms with E-state index in [2.05, 4.69) is 0 Å². The van der Waals surface area contributed by atoms with Gasteiger partial charge in [-0.2, -0.15) is 0 Å². The summed E-state index contributed by atoms with van der Waals surface area (Å²) in [4.78, 5) is 11.3. The van der Waals surface area contributed by atoms with Crippen molar-refractivity contribution in [2.75, 3.05) is 12.4 Å². The molecule has 0 amide bonds. The standard InChI is InChI=1S/C11H13FO2S/c1-8(5-13)7-15-11-4-2-3-10(12)9(11)6-14/h2-4,6,8,13H,5,7H2,1H3. The van der Waals surface area contributed by atoms with Gasteiger partial charge in [0.2, 0.25) is 0 Å². The van der Waals surface area contributed by atoms with Crippen LogP contribution in [0.3, 0.4) is 0 Å². The number of thioether (sulfide) groups is 1. The minimum atomic E-state index is -0.494. The highest BCUT2D eigenvalue weighted by Crippen LogP contribution is 2.25. The number of hydrogen-bond acceptors (Lipinski definition) is 3. The van der Waals surface area contributed by atoms with Crippen LogP contribution in [0.15, 0.2) is 23.1 Å². The third-order valence-corrected chi connectivity index (χ3v) is 3.37. The highest BCUT2D eigenvalue weighted by atomic mass is 32.2. The van der Waals surface area contributed by atoms with Gasteiger partial charge in [-0.3, -0.25) is 4.79 Å². The first-order chi connectivity index (χ1) is 7.19. The first kappa shape index (κ1) is 12.2. The van der Waals surface area contributed by atoms with Crippen molar-refractivity contribution < 1.29 is 14.3 Å². The van der Waals surface area contributed by atoms with E-state index in [0.717, 1.165) is 0 Å². The molecule has 0 radical (unpaired) electrons. The number of rotatable bonds is 5. The molecular weight excluding hydrogens is 215 g/mol. The van der Waals surface area contributed by atoms with Crippen LogP contribution in [-0.4, -0.2) is 23.8 Å². The van der Waals surface area contributed by atoms with Crippen LogP contribution in [0.25, 0.3) is 0 Å². The van der Waals surface area contributed by atoms with Gasteiger partial charge in [0, 0.05) is 17.3 Å². The molecule has 2 nitrogen and oxygen atoms in total. The van der Waals surface area contributed by atoms with Gasteiger partial charge in [-0.25, -0.2) is 4.39 Å². The zero-order valence-electron chi connectivity index (χ0n) is 8.44. The summed E-state index contributed by atoms with van der Waals surface area (Å²) in [6.07, 6.45) is 0.529. The molecule has 0 aliphatic carbocycles. The molecule has 82 valence electrons. The second-order valence-electron chi connectivity index (χ2n) is 3.37. The van der Waals surface area contributed by atoms with Crippen LogP contribution >= 0.6 is 11.8 Å². The lowest BCUT2D eigenvalue weighted by molar-refractivity contribution is 0.111. The van der Waals surface area contributed by atoms with Crippen molar-refractivity contribution in [2.24, 2.45) is 5.92 Å². The summed E-state index contributed by atoms with van der Waals surface area (Å²) < 4.78 is 13.2. The van der Waals surface area contributed by atoms with Gasteiger partial charge in [-0.1, -0.05) is 13.0 Å². The summed E-state index contributed by atoms with van der Waals surface area (Å²) in [6.45, 7) is 1.99. The molecule has 1 N–H and O–H groups in total. The largest absolute Gasteiger partial charge is 0.396 e. The summed E-state index contributed by atoms with van der Waals surface area (Å²) >= 11 is 1.39. The number of benzene rings is 1. The first-order valence-corrected chi connectivity index (χ1v) is 5.65. The second-order valence-corrected chi connectivity index (χ2v) is 4.43. The number of hydrogen-bond donors (Lipinski definition) is 1. The average molecular weight is 228 g/mol. The minimum absolute atomic E-state index is 0.0960. The number of aldehydes is 1. The molecule has 0 saturated heterocycles. The fraction of sp³-hybridized carbons (Fsp3) is 0.364. The minimum Gasteiger partial charge on any atom is -0.396 e. The van der Waals surface area contributed by atoms with Gasteiger partial charge in [-0.05, 0) is 18.1 Å². The van der Waals surface area contributed by atoms with E-state index in [0.29, 0.717) is 16.9 Å². The van der Waals surface area contributed by atoms with Gasteiger partial charge in [0.1, 0.15) is 5.82 Å². The quantitative estimate of drug-likeness (QED) is 0.621. The molecule has 1 unspecified atom stereocenters. The zero-order chi connectivity index (χ0) is 11.3. The molecule has 0 spiro atoms. The fourth-order valence-corrected chi connectivity index (χ4v) is 2.09. The molecule has 0 bridgehead atoms. The van der Waals surface area contributed by atoms with Crippen molar-refractivity contribution in [3.05, 3.63) is 29.6 Å². The lowest BCUT2D eigenvalue weighted by Gasteiger charge is -2.08. The van der Waals surface area contributed by atoms with Crippen LogP contribution in [0.1, 0.15) is 17.3 Å². The molecule has 0 aliphatic rings. The summed E-state index contributed by atoms with van der Waals surface area (Å²) in [5.74, 6) is 0.310. The normalized spacial score (nSPS) is 12.5. The topological polar surface area (TPSA) is 37.3 Å². The molecule has 1 aromatic rings. The van der Waals surface area contributed by atoms with E-state index in [9.17, 15) is 9.18 Å². The van der Waals surface area contributed by atoms with E-state index in [1.807, 2.05) is 6.92 Å². The van der Waals surface area contributed by atoms with Crippen molar-refractivity contribution in [3.63, 3.8) is 0 Å². The van der Waals surface area contributed by atoms with Crippen LogP contribution < -0.4 is 0 Å². The van der Waals surface area contributed by atoms with E-state index in [1.54, 1.807) is 12.1 Å². The van der Waals surface area contributed by atoms with Gasteiger partial charge in [0.25, 0.3) is 0 Å². The lowest BCUT2D eigenvalue weighted by Crippen LogP contribution is -2.04. The Bertz CT molecular complexity index is 341. The van der Waals surface area contributed by atoms with E-state index in [4.69, 9.17) is 5.11 Å².